The zero-order valence-corrected chi connectivity index (χ0v) is 13.5. The zero-order chi connectivity index (χ0) is 15.2. The maximum atomic E-state index is 11.9. The number of amides is 1. The third-order valence-corrected chi connectivity index (χ3v) is 3.08. The smallest absolute Gasteiger partial charge is 0.239 e. The van der Waals surface area contributed by atoms with Crippen LogP contribution in [0.15, 0.2) is 18.3 Å². The van der Waals surface area contributed by atoms with Gasteiger partial charge in [-0.05, 0) is 45.2 Å². The van der Waals surface area contributed by atoms with E-state index in [9.17, 15) is 4.79 Å². The first-order valence-electron chi connectivity index (χ1n) is 7.43. The van der Waals surface area contributed by atoms with Crippen molar-refractivity contribution in [3.8, 4) is 0 Å². The molecule has 114 valence electrons. The molecule has 1 amide bonds. The van der Waals surface area contributed by atoms with Crippen LogP contribution in [0.5, 0.6) is 0 Å². The highest BCUT2D eigenvalue weighted by Crippen LogP contribution is 2.06. The predicted octanol–water partition coefficient (Wildman–Crippen LogP) is 2.54. The number of nitrogens with zero attached hydrogens (tertiary/aromatic N) is 1. The summed E-state index contributed by atoms with van der Waals surface area (Å²) in [4.78, 5) is 11.9. The Morgan fingerprint density at radius 3 is 2.65 bits per heavy atom. The van der Waals surface area contributed by atoms with Gasteiger partial charge < -0.3 is 15.2 Å². The maximum Gasteiger partial charge on any atom is 0.239 e. The average Bonchev–Trinajstić information content (AvgIpc) is 2.72. The molecule has 0 radical (unpaired) electrons. The van der Waals surface area contributed by atoms with Crippen molar-refractivity contribution in [2.75, 3.05) is 6.54 Å². The van der Waals surface area contributed by atoms with Crippen molar-refractivity contribution in [1.29, 1.82) is 0 Å². The molecule has 1 rings (SSSR count). The number of carbonyl (C=O) groups is 1. The first kappa shape index (κ1) is 16.8. The Bertz CT molecular complexity index is 416. The van der Waals surface area contributed by atoms with Crippen molar-refractivity contribution >= 4 is 5.91 Å². The van der Waals surface area contributed by atoms with Gasteiger partial charge in [-0.2, -0.15) is 0 Å². The Morgan fingerprint density at radius 1 is 1.35 bits per heavy atom. The van der Waals surface area contributed by atoms with E-state index in [1.54, 1.807) is 0 Å². The molecular formula is C16H29N3O. The largest absolute Gasteiger partial charge is 0.355 e. The van der Waals surface area contributed by atoms with Gasteiger partial charge in [0.2, 0.25) is 5.91 Å². The van der Waals surface area contributed by atoms with E-state index in [0.29, 0.717) is 12.5 Å². The summed E-state index contributed by atoms with van der Waals surface area (Å²) in [5, 5.41) is 6.42. The normalized spacial score (nSPS) is 11.9. The minimum Gasteiger partial charge on any atom is -0.355 e. The van der Waals surface area contributed by atoms with Gasteiger partial charge in [-0.25, -0.2) is 0 Å². The van der Waals surface area contributed by atoms with E-state index in [4.69, 9.17) is 0 Å². The molecule has 0 saturated carbocycles. The molecule has 0 aliphatic carbocycles. The minimum absolute atomic E-state index is 0.0780. The lowest BCUT2D eigenvalue weighted by Gasteiger charge is -2.21. The molecule has 0 fully saturated rings. The Labute approximate surface area is 122 Å². The third-order valence-electron chi connectivity index (χ3n) is 3.08. The Morgan fingerprint density at radius 2 is 2.05 bits per heavy atom. The van der Waals surface area contributed by atoms with Crippen molar-refractivity contribution in [2.24, 2.45) is 5.92 Å². The molecule has 0 bridgehead atoms. The van der Waals surface area contributed by atoms with E-state index in [0.717, 1.165) is 25.2 Å². The standard InChI is InChI=1S/C16H29N3O/c1-13(2)8-9-17-15(20)12-19-10-6-7-14(19)11-18-16(3,4)5/h6-7,10,13,18H,8-9,11-12H2,1-5H3,(H,17,20). The molecule has 20 heavy (non-hydrogen) atoms. The molecule has 4 nitrogen and oxygen atoms in total. The molecule has 0 saturated heterocycles. The Balaban J connectivity index is 2.44. The summed E-state index contributed by atoms with van der Waals surface area (Å²) in [6, 6.07) is 4.04. The fraction of sp³-hybridized carbons (Fsp3) is 0.688. The molecule has 0 aliphatic rings. The third kappa shape index (κ3) is 6.75. The van der Waals surface area contributed by atoms with Crippen LogP contribution >= 0.6 is 0 Å². The van der Waals surface area contributed by atoms with E-state index < -0.39 is 0 Å². The van der Waals surface area contributed by atoms with Crippen LogP contribution in [0.1, 0.15) is 46.7 Å². The molecule has 0 atom stereocenters. The number of hydrogen-bond donors (Lipinski definition) is 2. The van der Waals surface area contributed by atoms with Crippen LogP contribution in [0, 0.1) is 5.92 Å². The second-order valence-corrected chi connectivity index (χ2v) is 6.76. The zero-order valence-electron chi connectivity index (χ0n) is 13.5. The summed E-state index contributed by atoms with van der Waals surface area (Å²) in [6.07, 6.45) is 2.98. The van der Waals surface area contributed by atoms with Gasteiger partial charge in [-0.15, -0.1) is 0 Å². The summed E-state index contributed by atoms with van der Waals surface area (Å²) in [7, 11) is 0. The monoisotopic (exact) mass is 279 g/mol. The van der Waals surface area contributed by atoms with Crippen LogP contribution in [-0.4, -0.2) is 22.6 Å². The maximum absolute atomic E-state index is 11.9. The Kier molecular flexibility index (Phi) is 6.27. The highest BCUT2D eigenvalue weighted by atomic mass is 16.1. The van der Waals surface area contributed by atoms with Gasteiger partial charge in [0.05, 0.1) is 0 Å². The van der Waals surface area contributed by atoms with E-state index in [2.05, 4.69) is 51.3 Å². The Hall–Kier alpha value is -1.29. The van der Waals surface area contributed by atoms with E-state index in [1.165, 1.54) is 0 Å². The highest BCUT2D eigenvalue weighted by molar-refractivity contribution is 5.75. The van der Waals surface area contributed by atoms with Crippen molar-refractivity contribution in [3.05, 3.63) is 24.0 Å². The van der Waals surface area contributed by atoms with Gasteiger partial charge >= 0.3 is 0 Å². The fourth-order valence-corrected chi connectivity index (χ4v) is 1.83. The topological polar surface area (TPSA) is 46.1 Å². The molecule has 0 unspecified atom stereocenters. The van der Waals surface area contributed by atoms with E-state index in [1.807, 2.05) is 16.8 Å². The van der Waals surface area contributed by atoms with Crippen molar-refractivity contribution in [2.45, 2.75) is 59.7 Å². The molecule has 1 aromatic heterocycles. The lowest BCUT2D eigenvalue weighted by molar-refractivity contribution is -0.121. The van der Waals surface area contributed by atoms with Crippen LogP contribution in [0.2, 0.25) is 0 Å². The van der Waals surface area contributed by atoms with E-state index in [-0.39, 0.29) is 11.4 Å². The summed E-state index contributed by atoms with van der Waals surface area (Å²) >= 11 is 0. The molecule has 0 aromatic carbocycles. The van der Waals surface area contributed by atoms with Crippen molar-refractivity contribution in [1.82, 2.24) is 15.2 Å². The van der Waals surface area contributed by atoms with Gasteiger partial charge in [0.25, 0.3) is 0 Å². The predicted molar refractivity (Wildman–Crippen MR) is 83.5 cm³/mol. The summed E-state index contributed by atoms with van der Waals surface area (Å²) in [5.74, 6) is 0.701. The molecule has 1 heterocycles. The van der Waals surface area contributed by atoms with E-state index >= 15 is 0 Å². The molecule has 0 spiro atoms. The number of carbonyl (C=O) groups excluding carboxylic acids is 1. The molecule has 2 N–H and O–H groups in total. The van der Waals surface area contributed by atoms with Gasteiger partial charge in [-0.3, -0.25) is 4.79 Å². The molecular weight excluding hydrogens is 250 g/mol. The highest BCUT2D eigenvalue weighted by Gasteiger charge is 2.11. The van der Waals surface area contributed by atoms with Crippen molar-refractivity contribution < 1.29 is 4.79 Å². The van der Waals surface area contributed by atoms with Crippen LogP contribution in [0.25, 0.3) is 0 Å². The number of rotatable bonds is 7. The molecule has 1 aromatic rings. The first-order chi connectivity index (χ1) is 9.28. The second kappa shape index (κ2) is 7.48. The van der Waals surface area contributed by atoms with Gasteiger partial charge in [0.15, 0.2) is 0 Å². The molecule has 0 aliphatic heterocycles. The van der Waals surface area contributed by atoms with Gasteiger partial charge in [0, 0.05) is 30.5 Å². The molecule has 4 heteroatoms. The van der Waals surface area contributed by atoms with Gasteiger partial charge in [0.1, 0.15) is 6.54 Å². The quantitative estimate of drug-likeness (QED) is 0.805. The first-order valence-corrected chi connectivity index (χ1v) is 7.43. The number of nitrogens with one attached hydrogen (secondary N) is 2. The lowest BCUT2D eigenvalue weighted by atomic mass is 10.1. The average molecular weight is 279 g/mol. The number of hydrogen-bond acceptors (Lipinski definition) is 2. The van der Waals surface area contributed by atoms with Crippen molar-refractivity contribution in [3.63, 3.8) is 0 Å². The van der Waals surface area contributed by atoms with Crippen LogP contribution in [0.4, 0.5) is 0 Å². The van der Waals surface area contributed by atoms with Crippen LogP contribution < -0.4 is 10.6 Å². The van der Waals surface area contributed by atoms with Crippen LogP contribution in [0.3, 0.4) is 0 Å². The fourth-order valence-electron chi connectivity index (χ4n) is 1.83. The van der Waals surface area contributed by atoms with Crippen LogP contribution in [-0.2, 0) is 17.9 Å². The SMILES string of the molecule is CC(C)CCNC(=O)Cn1cccc1CNC(C)(C)C. The summed E-state index contributed by atoms with van der Waals surface area (Å²) in [6.45, 7) is 12.7. The summed E-state index contributed by atoms with van der Waals surface area (Å²) < 4.78 is 2.00. The minimum atomic E-state index is 0.0780. The lowest BCUT2D eigenvalue weighted by Crippen LogP contribution is -2.36. The number of aromatic nitrogens is 1. The summed E-state index contributed by atoms with van der Waals surface area (Å²) in [5.41, 5.74) is 1.22. The second-order valence-electron chi connectivity index (χ2n) is 6.76. The van der Waals surface area contributed by atoms with Gasteiger partial charge in [-0.1, -0.05) is 13.8 Å².